The predicted octanol–water partition coefficient (Wildman–Crippen LogP) is -0.145. The van der Waals surface area contributed by atoms with Crippen LogP contribution in [0.1, 0.15) is 25.7 Å². The number of carbonyl (C=O) groups is 1. The Hall–Kier alpha value is -0.660. The largest absolute Gasteiger partial charge is 0.345 e. The molecule has 7 heteroatoms. The fraction of sp³-hybridized carbons (Fsp3) is 0.923. The zero-order valence-corrected chi connectivity index (χ0v) is 12.9. The van der Waals surface area contributed by atoms with E-state index in [1.807, 2.05) is 11.9 Å². The summed E-state index contributed by atoms with van der Waals surface area (Å²) < 4.78 is 22.2. The third kappa shape index (κ3) is 4.71. The number of rotatable bonds is 4. The maximum Gasteiger partial charge on any atom is 0.222 e. The average molecular weight is 303 g/mol. The first-order valence-electron chi connectivity index (χ1n) is 7.30. The highest BCUT2D eigenvalue weighted by molar-refractivity contribution is 7.89. The molecule has 0 aromatic rings. The van der Waals surface area contributed by atoms with Gasteiger partial charge >= 0.3 is 0 Å². The summed E-state index contributed by atoms with van der Waals surface area (Å²) in [4.78, 5) is 15.7. The maximum absolute atomic E-state index is 11.5. The summed E-state index contributed by atoms with van der Waals surface area (Å²) >= 11 is 0. The van der Waals surface area contributed by atoms with Crippen molar-refractivity contribution in [2.45, 2.75) is 25.7 Å². The van der Waals surface area contributed by atoms with Gasteiger partial charge in [0, 0.05) is 26.6 Å². The van der Waals surface area contributed by atoms with E-state index in [9.17, 15) is 13.2 Å². The molecule has 20 heavy (non-hydrogen) atoms. The molecule has 2 N–H and O–H groups in total. The molecule has 2 aliphatic heterocycles. The number of sulfonamides is 1. The number of carbonyl (C=O) groups excluding carboxylic acids is 1. The molecule has 1 unspecified atom stereocenters. The quantitative estimate of drug-likeness (QED) is 0.783. The van der Waals surface area contributed by atoms with Gasteiger partial charge < -0.3 is 9.80 Å². The minimum Gasteiger partial charge on any atom is -0.345 e. The number of likely N-dealkylation sites (tertiary alicyclic amines) is 2. The number of hydrogen-bond donors (Lipinski definition) is 1. The van der Waals surface area contributed by atoms with Crippen LogP contribution in [-0.4, -0.2) is 63.1 Å². The second kappa shape index (κ2) is 6.41. The molecule has 0 aliphatic carbocycles. The number of amides is 1. The Morgan fingerprint density at radius 1 is 1.20 bits per heavy atom. The van der Waals surface area contributed by atoms with Gasteiger partial charge in [0.2, 0.25) is 15.9 Å². The van der Waals surface area contributed by atoms with Crippen LogP contribution in [0.2, 0.25) is 0 Å². The number of nitrogens with zero attached hydrogens (tertiary/aromatic N) is 2. The van der Waals surface area contributed by atoms with E-state index in [4.69, 9.17) is 5.14 Å². The molecule has 2 saturated heterocycles. The summed E-state index contributed by atoms with van der Waals surface area (Å²) in [5, 5.41) is 5.10. The molecule has 1 atom stereocenters. The minimum atomic E-state index is -3.34. The van der Waals surface area contributed by atoms with Gasteiger partial charge in [-0.3, -0.25) is 4.79 Å². The number of nitrogens with two attached hydrogens (primary N) is 1. The molecule has 0 radical (unpaired) electrons. The van der Waals surface area contributed by atoms with Crippen LogP contribution in [0.5, 0.6) is 0 Å². The van der Waals surface area contributed by atoms with Crippen molar-refractivity contribution < 1.29 is 13.2 Å². The zero-order chi connectivity index (χ0) is 14.8. The Balaban J connectivity index is 1.73. The van der Waals surface area contributed by atoms with E-state index in [0.29, 0.717) is 12.3 Å². The molecule has 2 aliphatic rings. The first-order chi connectivity index (χ1) is 9.33. The topological polar surface area (TPSA) is 83.7 Å². The summed E-state index contributed by atoms with van der Waals surface area (Å²) in [6, 6.07) is 0. The Morgan fingerprint density at radius 3 is 2.40 bits per heavy atom. The first-order valence-corrected chi connectivity index (χ1v) is 9.02. The summed E-state index contributed by atoms with van der Waals surface area (Å²) in [7, 11) is -1.48. The minimum absolute atomic E-state index is 0.113. The number of piperidine rings is 2. The molecule has 0 saturated carbocycles. The van der Waals surface area contributed by atoms with Gasteiger partial charge in [0.1, 0.15) is 0 Å². The summed E-state index contributed by atoms with van der Waals surface area (Å²) in [6.07, 6.45) is 3.43. The molecular formula is C13H25N3O3S. The van der Waals surface area contributed by atoms with E-state index in [1.54, 1.807) is 0 Å². The van der Waals surface area contributed by atoms with Crippen LogP contribution >= 0.6 is 0 Å². The number of hydrogen-bond acceptors (Lipinski definition) is 4. The van der Waals surface area contributed by atoms with Gasteiger partial charge in [0.15, 0.2) is 0 Å². The van der Waals surface area contributed by atoms with Gasteiger partial charge in [0.25, 0.3) is 0 Å². The Bertz CT molecular complexity index is 444. The first kappa shape index (κ1) is 15.7. The van der Waals surface area contributed by atoms with E-state index < -0.39 is 10.0 Å². The van der Waals surface area contributed by atoms with Crippen molar-refractivity contribution in [3.05, 3.63) is 0 Å². The monoisotopic (exact) mass is 303 g/mol. The molecule has 0 bridgehead atoms. The van der Waals surface area contributed by atoms with Crippen molar-refractivity contribution >= 4 is 15.9 Å². The van der Waals surface area contributed by atoms with Crippen LogP contribution in [-0.2, 0) is 14.8 Å². The molecular weight excluding hydrogens is 278 g/mol. The van der Waals surface area contributed by atoms with E-state index in [0.717, 1.165) is 45.4 Å². The SMILES string of the molecule is CN1CC(CN2CCC(CS(N)(=O)=O)CC2)CCC1=O. The molecule has 0 aromatic heterocycles. The van der Waals surface area contributed by atoms with Gasteiger partial charge in [-0.15, -0.1) is 0 Å². The smallest absolute Gasteiger partial charge is 0.222 e. The average Bonchev–Trinajstić information content (AvgIpc) is 2.35. The van der Waals surface area contributed by atoms with E-state index >= 15 is 0 Å². The Labute approximate surface area is 121 Å². The molecule has 0 spiro atoms. The van der Waals surface area contributed by atoms with Crippen molar-refractivity contribution in [3.8, 4) is 0 Å². The van der Waals surface area contributed by atoms with Crippen molar-refractivity contribution in [2.75, 3.05) is 39.0 Å². The van der Waals surface area contributed by atoms with E-state index in [-0.39, 0.29) is 17.6 Å². The summed E-state index contributed by atoms with van der Waals surface area (Å²) in [5.74, 6) is 1.11. The summed E-state index contributed by atoms with van der Waals surface area (Å²) in [5.41, 5.74) is 0. The van der Waals surface area contributed by atoms with Crippen LogP contribution in [0, 0.1) is 11.8 Å². The van der Waals surface area contributed by atoms with Gasteiger partial charge in [-0.2, -0.15) is 0 Å². The third-order valence-corrected chi connectivity index (χ3v) is 5.35. The van der Waals surface area contributed by atoms with Crippen LogP contribution in [0.25, 0.3) is 0 Å². The van der Waals surface area contributed by atoms with Crippen molar-refractivity contribution in [1.82, 2.24) is 9.80 Å². The second-order valence-corrected chi connectivity index (χ2v) is 7.91. The lowest BCUT2D eigenvalue weighted by atomic mass is 9.94. The second-order valence-electron chi connectivity index (χ2n) is 6.25. The normalized spacial score (nSPS) is 27.0. The highest BCUT2D eigenvalue weighted by Crippen LogP contribution is 2.22. The van der Waals surface area contributed by atoms with Crippen LogP contribution in [0.15, 0.2) is 0 Å². The highest BCUT2D eigenvalue weighted by Gasteiger charge is 2.27. The van der Waals surface area contributed by atoms with Gasteiger partial charge in [-0.25, -0.2) is 13.6 Å². The maximum atomic E-state index is 11.5. The molecule has 0 aromatic carbocycles. The van der Waals surface area contributed by atoms with Crippen molar-refractivity contribution in [1.29, 1.82) is 0 Å². The van der Waals surface area contributed by atoms with Crippen molar-refractivity contribution in [3.63, 3.8) is 0 Å². The van der Waals surface area contributed by atoms with Crippen LogP contribution in [0.4, 0.5) is 0 Å². The van der Waals surface area contributed by atoms with Crippen LogP contribution < -0.4 is 5.14 Å². The fourth-order valence-corrected chi connectivity index (χ4v) is 4.27. The van der Waals surface area contributed by atoms with E-state index in [2.05, 4.69) is 4.90 Å². The zero-order valence-electron chi connectivity index (χ0n) is 12.1. The number of primary sulfonamides is 1. The fourth-order valence-electron chi connectivity index (χ4n) is 3.28. The van der Waals surface area contributed by atoms with Gasteiger partial charge in [-0.05, 0) is 44.2 Å². The van der Waals surface area contributed by atoms with E-state index in [1.165, 1.54) is 0 Å². The standard InChI is InChI=1S/C13H25N3O3S/c1-15-8-12(2-3-13(15)17)9-16-6-4-11(5-7-16)10-20(14,18)19/h11-12H,2-10H2,1H3,(H2,14,18,19). The molecule has 2 heterocycles. The van der Waals surface area contributed by atoms with Gasteiger partial charge in [0.05, 0.1) is 5.75 Å². The van der Waals surface area contributed by atoms with Crippen molar-refractivity contribution in [2.24, 2.45) is 17.0 Å². The lowest BCUT2D eigenvalue weighted by Gasteiger charge is -2.37. The third-order valence-electron chi connectivity index (χ3n) is 4.42. The highest BCUT2D eigenvalue weighted by atomic mass is 32.2. The molecule has 6 nitrogen and oxygen atoms in total. The van der Waals surface area contributed by atoms with Crippen LogP contribution in [0.3, 0.4) is 0 Å². The predicted molar refractivity (Wildman–Crippen MR) is 77.5 cm³/mol. The molecule has 116 valence electrons. The molecule has 2 rings (SSSR count). The summed E-state index contributed by atoms with van der Waals surface area (Å²) in [6.45, 7) is 3.73. The molecule has 2 fully saturated rings. The van der Waals surface area contributed by atoms with Gasteiger partial charge in [-0.1, -0.05) is 0 Å². The Kier molecular flexibility index (Phi) is 5.04. The molecule has 1 amide bonds. The lowest BCUT2D eigenvalue weighted by molar-refractivity contribution is -0.133. The lowest BCUT2D eigenvalue weighted by Crippen LogP contribution is -2.44. The Morgan fingerprint density at radius 2 is 1.85 bits per heavy atom.